The molecule has 0 aliphatic carbocycles. The number of ketones is 1. The van der Waals surface area contributed by atoms with Gasteiger partial charge in [-0.25, -0.2) is 19.0 Å². The number of urea groups is 1. The molecular weight excluding hydrogens is 573 g/mol. The molecule has 1 aromatic heterocycles. The third-order valence-corrected chi connectivity index (χ3v) is 9.37. The van der Waals surface area contributed by atoms with Gasteiger partial charge in [-0.15, -0.1) is 0 Å². The molecule has 3 atom stereocenters. The SMILES string of the molecule is CC(=O)c1sc(NC(=O)N[C@@H]2CCN(C(=O)OCC(C)(C)CO)C[C@H]2CN2CCCC(Cc3ccc(F)cc3)C2)nc1C. The highest BCUT2D eigenvalue weighted by Gasteiger charge is 2.36. The zero-order chi connectivity index (χ0) is 31.1. The number of thiazole rings is 1. The van der Waals surface area contributed by atoms with E-state index in [-0.39, 0.29) is 36.8 Å². The van der Waals surface area contributed by atoms with E-state index in [1.807, 2.05) is 26.0 Å². The van der Waals surface area contributed by atoms with Crippen molar-refractivity contribution in [1.82, 2.24) is 20.1 Å². The lowest BCUT2D eigenvalue weighted by atomic mass is 9.88. The molecule has 3 heterocycles. The largest absolute Gasteiger partial charge is 0.449 e. The lowest BCUT2D eigenvalue weighted by Gasteiger charge is -2.42. The first-order chi connectivity index (χ1) is 20.4. The Hall–Kier alpha value is -3.09. The van der Waals surface area contributed by atoms with Crippen LogP contribution in [-0.4, -0.2) is 89.8 Å². The third kappa shape index (κ3) is 9.45. The number of ether oxygens (including phenoxy) is 1. The van der Waals surface area contributed by atoms with E-state index in [9.17, 15) is 23.9 Å². The number of anilines is 1. The Morgan fingerprint density at radius 3 is 2.58 bits per heavy atom. The van der Waals surface area contributed by atoms with Crippen LogP contribution in [0.25, 0.3) is 0 Å². The van der Waals surface area contributed by atoms with E-state index >= 15 is 0 Å². The first kappa shape index (κ1) is 32.8. The molecule has 43 heavy (non-hydrogen) atoms. The number of amides is 3. The molecule has 3 N–H and O–H groups in total. The number of halogens is 1. The number of aryl methyl sites for hydroxylation is 1. The molecule has 236 valence electrons. The van der Waals surface area contributed by atoms with Crippen LogP contribution in [-0.2, 0) is 11.2 Å². The number of benzene rings is 1. The van der Waals surface area contributed by atoms with Gasteiger partial charge in [-0.1, -0.05) is 37.3 Å². The summed E-state index contributed by atoms with van der Waals surface area (Å²) in [5.74, 6) is 0.0572. The van der Waals surface area contributed by atoms with Crippen molar-refractivity contribution in [2.75, 3.05) is 51.3 Å². The minimum absolute atomic E-state index is 0.0479. The summed E-state index contributed by atoms with van der Waals surface area (Å²) in [4.78, 5) is 46.8. The van der Waals surface area contributed by atoms with Crippen molar-refractivity contribution in [3.05, 3.63) is 46.2 Å². The maximum absolute atomic E-state index is 13.4. The van der Waals surface area contributed by atoms with E-state index in [2.05, 4.69) is 20.5 Å². The highest BCUT2D eigenvalue weighted by molar-refractivity contribution is 7.17. The van der Waals surface area contributed by atoms with Gasteiger partial charge in [0.25, 0.3) is 0 Å². The zero-order valence-corrected chi connectivity index (χ0v) is 26.3. The van der Waals surface area contributed by atoms with Gasteiger partial charge < -0.3 is 25.0 Å². The molecular formula is C31H44FN5O5S. The van der Waals surface area contributed by atoms with Crippen molar-refractivity contribution in [2.24, 2.45) is 17.3 Å². The number of hydrogen-bond donors (Lipinski definition) is 3. The second kappa shape index (κ2) is 14.6. The van der Waals surface area contributed by atoms with Gasteiger partial charge in [0, 0.05) is 50.5 Å². The van der Waals surface area contributed by atoms with E-state index in [1.54, 1.807) is 11.8 Å². The second-order valence-electron chi connectivity index (χ2n) is 12.7. The summed E-state index contributed by atoms with van der Waals surface area (Å²) >= 11 is 1.15. The Morgan fingerprint density at radius 1 is 1.16 bits per heavy atom. The number of likely N-dealkylation sites (tertiary alicyclic amines) is 2. The molecule has 1 aromatic carbocycles. The maximum Gasteiger partial charge on any atom is 0.409 e. The molecule has 12 heteroatoms. The summed E-state index contributed by atoms with van der Waals surface area (Å²) in [6, 6.07) is 6.11. The number of nitrogens with one attached hydrogen (secondary N) is 2. The van der Waals surface area contributed by atoms with Crippen molar-refractivity contribution in [3.8, 4) is 0 Å². The van der Waals surface area contributed by atoms with Crippen LogP contribution in [0.2, 0.25) is 0 Å². The van der Waals surface area contributed by atoms with Gasteiger partial charge in [-0.05, 0) is 62.8 Å². The Bertz CT molecular complexity index is 1270. The number of carbonyl (C=O) groups excluding carboxylic acids is 3. The van der Waals surface area contributed by atoms with Gasteiger partial charge in [0.15, 0.2) is 10.9 Å². The number of Topliss-reactive ketones (excluding diaryl/α,β-unsaturated/α-hetero) is 1. The standard InChI is InChI=1S/C31H44FN5O5S/c1-20-27(21(2)39)43-29(33-20)35-28(40)34-26-11-13-37(30(41)42-19-31(3,4)18-38)17-24(26)16-36-12-5-6-23(15-36)14-22-7-9-25(32)10-8-22/h7-10,23-24,26,38H,5-6,11-19H2,1-4H3,(H2,33,34,35,40)/t23?,24-,26-/m1/s1. The number of aliphatic hydroxyl groups is 1. The fourth-order valence-electron chi connectivity index (χ4n) is 5.81. The molecule has 2 saturated heterocycles. The monoisotopic (exact) mass is 617 g/mol. The molecule has 2 aliphatic heterocycles. The van der Waals surface area contributed by atoms with Gasteiger partial charge in [-0.3, -0.25) is 10.1 Å². The molecule has 1 unspecified atom stereocenters. The predicted octanol–water partition coefficient (Wildman–Crippen LogP) is 4.72. The van der Waals surface area contributed by atoms with E-state index in [1.165, 1.54) is 19.1 Å². The average Bonchev–Trinajstić information content (AvgIpc) is 3.34. The Morgan fingerprint density at radius 2 is 1.91 bits per heavy atom. The van der Waals surface area contributed by atoms with E-state index < -0.39 is 17.5 Å². The topological polar surface area (TPSA) is 124 Å². The van der Waals surface area contributed by atoms with Gasteiger partial charge >= 0.3 is 12.1 Å². The van der Waals surface area contributed by atoms with Crippen molar-refractivity contribution in [2.45, 2.75) is 59.4 Å². The highest BCUT2D eigenvalue weighted by atomic mass is 32.1. The third-order valence-electron chi connectivity index (χ3n) is 8.19. The molecule has 2 fully saturated rings. The Balaban J connectivity index is 1.41. The lowest BCUT2D eigenvalue weighted by Crippen LogP contribution is -2.56. The number of nitrogens with zero attached hydrogens (tertiary/aromatic N) is 3. The van der Waals surface area contributed by atoms with E-state index in [4.69, 9.17) is 4.74 Å². The van der Waals surface area contributed by atoms with Crippen LogP contribution in [0.3, 0.4) is 0 Å². The quantitative estimate of drug-likeness (QED) is 0.330. The first-order valence-electron chi connectivity index (χ1n) is 15.0. The van der Waals surface area contributed by atoms with Crippen LogP contribution in [0.4, 0.5) is 19.1 Å². The Kier molecular flexibility index (Phi) is 11.1. The minimum atomic E-state index is -0.531. The Labute approximate surface area is 257 Å². The van der Waals surface area contributed by atoms with Gasteiger partial charge in [0.1, 0.15) is 12.4 Å². The molecule has 2 aromatic rings. The fraction of sp³-hybridized carbons (Fsp3) is 0.613. The van der Waals surface area contributed by atoms with Crippen molar-refractivity contribution in [3.63, 3.8) is 0 Å². The number of carbonyl (C=O) groups is 3. The first-order valence-corrected chi connectivity index (χ1v) is 15.8. The van der Waals surface area contributed by atoms with Crippen LogP contribution >= 0.6 is 11.3 Å². The second-order valence-corrected chi connectivity index (χ2v) is 13.7. The molecule has 4 rings (SSSR count). The van der Waals surface area contributed by atoms with Gasteiger partial charge in [0.05, 0.1) is 17.2 Å². The summed E-state index contributed by atoms with van der Waals surface area (Å²) in [6.45, 7) is 10.3. The molecule has 0 bridgehead atoms. The average molecular weight is 618 g/mol. The number of aliphatic hydroxyl groups excluding tert-OH is 1. The number of piperidine rings is 2. The molecule has 0 radical (unpaired) electrons. The van der Waals surface area contributed by atoms with Gasteiger partial charge in [0.2, 0.25) is 0 Å². The summed E-state index contributed by atoms with van der Waals surface area (Å²) in [7, 11) is 0. The van der Waals surface area contributed by atoms with E-state index in [0.29, 0.717) is 47.7 Å². The molecule has 2 aliphatic rings. The number of rotatable bonds is 10. The fourth-order valence-corrected chi connectivity index (χ4v) is 6.67. The lowest BCUT2D eigenvalue weighted by molar-refractivity contribution is 0.0263. The van der Waals surface area contributed by atoms with Crippen molar-refractivity contribution in [1.29, 1.82) is 0 Å². The van der Waals surface area contributed by atoms with Gasteiger partial charge in [-0.2, -0.15) is 0 Å². The van der Waals surface area contributed by atoms with Crippen LogP contribution < -0.4 is 10.6 Å². The molecule has 10 nitrogen and oxygen atoms in total. The summed E-state index contributed by atoms with van der Waals surface area (Å²) in [5.41, 5.74) is 1.17. The summed E-state index contributed by atoms with van der Waals surface area (Å²) in [6.07, 6.45) is 3.15. The number of hydrogen-bond acceptors (Lipinski definition) is 8. The predicted molar refractivity (Wildman–Crippen MR) is 164 cm³/mol. The van der Waals surface area contributed by atoms with Crippen molar-refractivity contribution < 1.29 is 28.6 Å². The highest BCUT2D eigenvalue weighted by Crippen LogP contribution is 2.27. The summed E-state index contributed by atoms with van der Waals surface area (Å²) < 4.78 is 18.9. The van der Waals surface area contributed by atoms with Crippen LogP contribution in [0.5, 0.6) is 0 Å². The smallest absolute Gasteiger partial charge is 0.409 e. The van der Waals surface area contributed by atoms with Crippen molar-refractivity contribution >= 4 is 34.4 Å². The van der Waals surface area contributed by atoms with Crippen LogP contribution in [0, 0.1) is 30.0 Å². The van der Waals surface area contributed by atoms with Crippen LogP contribution in [0.1, 0.15) is 61.0 Å². The molecule has 0 saturated carbocycles. The van der Waals surface area contributed by atoms with E-state index in [0.717, 1.165) is 49.3 Å². The number of aromatic nitrogens is 1. The minimum Gasteiger partial charge on any atom is -0.449 e. The summed E-state index contributed by atoms with van der Waals surface area (Å²) in [5, 5.41) is 15.8. The zero-order valence-electron chi connectivity index (χ0n) is 25.5. The normalized spacial score (nSPS) is 21.3. The maximum atomic E-state index is 13.4. The molecule has 0 spiro atoms. The van der Waals surface area contributed by atoms with Crippen LogP contribution in [0.15, 0.2) is 24.3 Å². The molecule has 3 amide bonds.